The molecular weight excluding hydrogens is 707 g/mol. The molecule has 6 rings (SSSR count). The Morgan fingerprint density at radius 2 is 1.72 bits per heavy atom. The predicted octanol–water partition coefficient (Wildman–Crippen LogP) is 2.64. The largest absolute Gasteiger partial charge is 0.446 e. The van der Waals surface area contributed by atoms with Gasteiger partial charge in [-0.15, -0.1) is 6.58 Å². The number of carbonyl (C=O) groups is 5. The number of carbonyl (C=O) groups excluding carboxylic acids is 5. The standard InChI is InChI=1S/C36H51N7O9S/c1-3-25-20-36(25)33(46)40-53(49,50)41(2)18-11-7-5-4-6-8-16-28(38-34(47)51-26-14-9-10-15-26)32(45)43-22-27(19-30(43)31(44)39-36)52-35(48)42-21-24-13-12-17-37-29(24)23-42/h3,12-13,17,25-28,30H,1,4-11,14-16,18-23H2,2H3,(H,38,47)(H,39,44)(H,40,46)/t25-,27-,28+,30+,36-/m1/s1. The van der Waals surface area contributed by atoms with Gasteiger partial charge < -0.3 is 25.0 Å². The molecule has 5 amide bonds. The van der Waals surface area contributed by atoms with Crippen LogP contribution in [0.1, 0.15) is 94.7 Å². The molecule has 3 N–H and O–H groups in total. The number of nitrogens with one attached hydrogen (secondary N) is 3. The topological polar surface area (TPSA) is 197 Å². The smallest absolute Gasteiger partial charge is 0.410 e. The maximum atomic E-state index is 14.4. The van der Waals surface area contributed by atoms with Gasteiger partial charge >= 0.3 is 22.4 Å². The van der Waals surface area contributed by atoms with Crippen LogP contribution in [0.25, 0.3) is 0 Å². The number of pyridine rings is 1. The van der Waals surface area contributed by atoms with Crippen molar-refractivity contribution in [3.63, 3.8) is 0 Å². The van der Waals surface area contributed by atoms with Gasteiger partial charge in [0.15, 0.2) is 0 Å². The molecule has 0 bridgehead atoms. The fourth-order valence-corrected chi connectivity index (χ4v) is 8.79. The molecule has 4 fully saturated rings. The van der Waals surface area contributed by atoms with Crippen molar-refractivity contribution < 1.29 is 41.9 Å². The summed E-state index contributed by atoms with van der Waals surface area (Å²) in [6.07, 6.45) is 8.78. The molecule has 0 radical (unpaired) electrons. The molecule has 3 aliphatic heterocycles. The number of aromatic nitrogens is 1. The summed E-state index contributed by atoms with van der Waals surface area (Å²) in [6.45, 7) is 4.38. The zero-order valence-corrected chi connectivity index (χ0v) is 31.1. The van der Waals surface area contributed by atoms with Crippen molar-refractivity contribution in [3.05, 3.63) is 42.2 Å². The molecule has 16 nitrogen and oxygen atoms in total. The molecule has 4 heterocycles. The third kappa shape index (κ3) is 8.94. The summed E-state index contributed by atoms with van der Waals surface area (Å²) in [5, 5.41) is 5.52. The maximum absolute atomic E-state index is 14.4. The van der Waals surface area contributed by atoms with Crippen LogP contribution in [-0.4, -0.2) is 107 Å². The second-order valence-corrected chi connectivity index (χ2v) is 16.7. The van der Waals surface area contributed by atoms with Gasteiger partial charge in [-0.2, -0.15) is 12.7 Å². The molecule has 2 aliphatic carbocycles. The van der Waals surface area contributed by atoms with Gasteiger partial charge in [-0.25, -0.2) is 14.3 Å². The van der Waals surface area contributed by atoms with Gasteiger partial charge in [0.25, 0.3) is 5.91 Å². The molecule has 0 aromatic carbocycles. The number of hydrogen-bond acceptors (Lipinski definition) is 10. The lowest BCUT2D eigenvalue weighted by molar-refractivity contribution is -0.141. The van der Waals surface area contributed by atoms with Crippen molar-refractivity contribution in [2.75, 3.05) is 20.1 Å². The first-order chi connectivity index (χ1) is 25.4. The number of fused-ring (bicyclic) bond motifs is 2. The van der Waals surface area contributed by atoms with E-state index < -0.39 is 69.8 Å². The minimum absolute atomic E-state index is 0.0842. The summed E-state index contributed by atoms with van der Waals surface area (Å²) in [4.78, 5) is 75.9. The average Bonchev–Trinajstić information content (AvgIpc) is 3.52. The summed E-state index contributed by atoms with van der Waals surface area (Å²) in [7, 11) is -2.82. The number of rotatable bonds is 4. The van der Waals surface area contributed by atoms with Crippen LogP contribution >= 0.6 is 0 Å². The van der Waals surface area contributed by atoms with Crippen LogP contribution in [0.4, 0.5) is 9.59 Å². The van der Waals surface area contributed by atoms with Gasteiger partial charge in [0.1, 0.15) is 29.8 Å². The van der Waals surface area contributed by atoms with Gasteiger partial charge in [0.2, 0.25) is 11.8 Å². The maximum Gasteiger partial charge on any atom is 0.410 e. The Morgan fingerprint density at radius 1 is 1.00 bits per heavy atom. The van der Waals surface area contributed by atoms with E-state index in [9.17, 15) is 32.4 Å². The molecule has 2 saturated heterocycles. The lowest BCUT2D eigenvalue weighted by Crippen LogP contribution is -2.59. The van der Waals surface area contributed by atoms with Crippen molar-refractivity contribution in [3.8, 4) is 0 Å². The van der Waals surface area contributed by atoms with E-state index in [2.05, 4.69) is 26.9 Å². The van der Waals surface area contributed by atoms with Crippen molar-refractivity contribution in [1.29, 1.82) is 0 Å². The van der Waals surface area contributed by atoms with E-state index in [0.717, 1.165) is 66.9 Å². The Balaban J connectivity index is 1.25. The third-order valence-electron chi connectivity index (χ3n) is 11.1. The van der Waals surface area contributed by atoms with Gasteiger partial charge in [-0.05, 0) is 56.6 Å². The molecule has 1 spiro atoms. The van der Waals surface area contributed by atoms with Gasteiger partial charge in [0, 0.05) is 32.1 Å². The van der Waals surface area contributed by atoms with E-state index in [1.54, 1.807) is 12.3 Å². The van der Waals surface area contributed by atoms with Crippen LogP contribution < -0.4 is 15.4 Å². The summed E-state index contributed by atoms with van der Waals surface area (Å²) < 4.78 is 41.0. The normalized spacial score (nSPS) is 30.2. The Kier molecular flexibility index (Phi) is 11.9. The minimum atomic E-state index is -4.21. The summed E-state index contributed by atoms with van der Waals surface area (Å²) in [5.41, 5.74) is 0.0376. The second kappa shape index (κ2) is 16.4. The first kappa shape index (κ1) is 38.5. The van der Waals surface area contributed by atoms with Crippen LogP contribution in [0.3, 0.4) is 0 Å². The SMILES string of the molecule is C=C[C@@H]1C[C@@]12NC(=O)[C@@H]1C[C@@H](OC(=O)N3Cc4cccnc4C3)CN1C(=O)[C@@H](NC(=O)OC1CCCC1)CCCCCCCCN(C)S(=O)(=O)NC2=O. The lowest BCUT2D eigenvalue weighted by Gasteiger charge is -2.30. The Labute approximate surface area is 310 Å². The summed E-state index contributed by atoms with van der Waals surface area (Å²) >= 11 is 0. The fraction of sp³-hybridized carbons (Fsp3) is 0.667. The van der Waals surface area contributed by atoms with E-state index in [-0.39, 0.29) is 38.6 Å². The van der Waals surface area contributed by atoms with Gasteiger partial charge in [-0.3, -0.25) is 24.3 Å². The van der Waals surface area contributed by atoms with Crippen LogP contribution in [0.2, 0.25) is 0 Å². The molecule has 1 aromatic rings. The van der Waals surface area contributed by atoms with Crippen molar-refractivity contribution in [2.45, 2.75) is 126 Å². The van der Waals surface area contributed by atoms with Gasteiger partial charge in [-0.1, -0.05) is 44.2 Å². The van der Waals surface area contributed by atoms with E-state index in [1.165, 1.54) is 22.9 Å². The highest BCUT2D eigenvalue weighted by atomic mass is 32.2. The average molecular weight is 758 g/mol. The van der Waals surface area contributed by atoms with Crippen molar-refractivity contribution >= 4 is 40.1 Å². The Hall–Kier alpha value is -4.25. The molecule has 0 unspecified atom stereocenters. The van der Waals surface area contributed by atoms with Crippen LogP contribution in [0, 0.1) is 5.92 Å². The first-order valence-electron chi connectivity index (χ1n) is 18.8. The second-order valence-electron chi connectivity index (χ2n) is 14.9. The van der Waals surface area contributed by atoms with E-state index >= 15 is 0 Å². The van der Waals surface area contributed by atoms with Crippen molar-refractivity contribution in [2.24, 2.45) is 5.92 Å². The highest BCUT2D eigenvalue weighted by molar-refractivity contribution is 7.87. The highest BCUT2D eigenvalue weighted by Crippen LogP contribution is 2.45. The number of ether oxygens (including phenoxy) is 2. The monoisotopic (exact) mass is 757 g/mol. The zero-order valence-electron chi connectivity index (χ0n) is 30.3. The minimum Gasteiger partial charge on any atom is -0.446 e. The number of hydrogen-bond donors (Lipinski definition) is 3. The molecule has 5 atom stereocenters. The zero-order chi connectivity index (χ0) is 37.8. The molecular formula is C36H51N7O9S. The van der Waals surface area contributed by atoms with E-state index in [4.69, 9.17) is 9.47 Å². The molecule has 17 heteroatoms. The molecule has 2 saturated carbocycles. The number of alkyl carbamates (subject to hydrolysis) is 1. The molecule has 1 aromatic heterocycles. The Morgan fingerprint density at radius 3 is 2.43 bits per heavy atom. The quantitative estimate of drug-likeness (QED) is 0.384. The fourth-order valence-electron chi connectivity index (χ4n) is 7.85. The van der Waals surface area contributed by atoms with Crippen LogP contribution in [0.15, 0.2) is 31.0 Å². The predicted molar refractivity (Wildman–Crippen MR) is 191 cm³/mol. The number of nitrogens with zero attached hydrogens (tertiary/aromatic N) is 4. The van der Waals surface area contributed by atoms with Crippen molar-refractivity contribution in [1.82, 2.24) is 34.4 Å². The van der Waals surface area contributed by atoms with Gasteiger partial charge in [0.05, 0.1) is 25.3 Å². The molecule has 5 aliphatic rings. The third-order valence-corrected chi connectivity index (χ3v) is 12.6. The van der Waals surface area contributed by atoms with Crippen LogP contribution in [0.5, 0.6) is 0 Å². The molecule has 290 valence electrons. The van der Waals surface area contributed by atoms with E-state index in [1.807, 2.05) is 6.07 Å². The Bertz CT molecular complexity index is 1660. The lowest BCUT2D eigenvalue weighted by atomic mass is 10.0. The first-order valence-corrected chi connectivity index (χ1v) is 20.2. The summed E-state index contributed by atoms with van der Waals surface area (Å²) in [6, 6.07) is 1.45. The van der Waals surface area contributed by atoms with Crippen LogP contribution in [-0.2, 0) is 47.2 Å². The molecule has 53 heavy (non-hydrogen) atoms. The number of amides is 5. The summed E-state index contributed by atoms with van der Waals surface area (Å²) in [5.74, 6) is -2.73. The highest BCUT2D eigenvalue weighted by Gasteiger charge is 2.61. The van der Waals surface area contributed by atoms with E-state index in [0.29, 0.717) is 25.8 Å².